The molecule has 2 nitrogen and oxygen atoms in total. The molecule has 0 saturated carbocycles. The molecule has 0 bridgehead atoms. The fraction of sp³-hybridized carbons (Fsp3) is 0.595. The molecule has 1 aliphatic rings. The molecule has 0 atom stereocenters. The third-order valence-corrected chi connectivity index (χ3v) is 8.41. The van der Waals surface area contributed by atoms with Crippen molar-refractivity contribution in [2.24, 2.45) is 10.9 Å². The molecule has 1 fully saturated rings. The third-order valence-electron chi connectivity index (χ3n) is 8.41. The lowest BCUT2D eigenvalue weighted by molar-refractivity contribution is 0.254. The van der Waals surface area contributed by atoms with E-state index in [-0.39, 0.29) is 0 Å². The summed E-state index contributed by atoms with van der Waals surface area (Å²) >= 11 is 0. The molecule has 0 spiro atoms. The van der Waals surface area contributed by atoms with Gasteiger partial charge in [-0.1, -0.05) is 138 Å². The summed E-state index contributed by atoms with van der Waals surface area (Å²) < 4.78 is 0. The van der Waals surface area contributed by atoms with Gasteiger partial charge in [-0.2, -0.15) is 0 Å². The first-order valence-corrected chi connectivity index (χ1v) is 16.4. The third kappa shape index (κ3) is 13.0. The zero-order chi connectivity index (χ0) is 27.2. The van der Waals surface area contributed by atoms with Crippen molar-refractivity contribution >= 4 is 6.34 Å². The van der Waals surface area contributed by atoms with E-state index in [4.69, 9.17) is 4.99 Å². The van der Waals surface area contributed by atoms with E-state index in [1.807, 2.05) is 0 Å². The van der Waals surface area contributed by atoms with E-state index >= 15 is 0 Å². The molecule has 3 rings (SSSR count). The smallest absolute Gasteiger partial charge is 0.0849 e. The van der Waals surface area contributed by atoms with Crippen molar-refractivity contribution in [3.63, 3.8) is 0 Å². The van der Waals surface area contributed by atoms with Gasteiger partial charge in [0.1, 0.15) is 0 Å². The van der Waals surface area contributed by atoms with Crippen LogP contribution in [-0.2, 0) is 0 Å². The van der Waals surface area contributed by atoms with E-state index in [0.29, 0.717) is 11.8 Å². The summed E-state index contributed by atoms with van der Waals surface area (Å²) in [5.41, 5.74) is 2.91. The van der Waals surface area contributed by atoms with Crippen LogP contribution in [-0.4, -0.2) is 30.9 Å². The van der Waals surface area contributed by atoms with Crippen LogP contribution < -0.4 is 0 Å². The lowest BCUT2D eigenvalue weighted by Gasteiger charge is -2.36. The molecule has 2 aromatic carbocycles. The first-order chi connectivity index (χ1) is 19.4. The maximum atomic E-state index is 4.78. The Labute approximate surface area is 241 Å². The molecule has 0 unspecified atom stereocenters. The van der Waals surface area contributed by atoms with Crippen LogP contribution in [0.25, 0.3) is 0 Å². The van der Waals surface area contributed by atoms with Gasteiger partial charge in [0.2, 0.25) is 0 Å². The molecule has 1 heterocycles. The predicted molar refractivity (Wildman–Crippen MR) is 172 cm³/mol. The van der Waals surface area contributed by atoms with Crippen LogP contribution in [0, 0.1) is 5.92 Å². The summed E-state index contributed by atoms with van der Waals surface area (Å²) in [4.78, 5) is 7.22. The van der Waals surface area contributed by atoms with Gasteiger partial charge in [0.05, 0.1) is 6.34 Å². The number of allylic oxidation sites excluding steroid dienone is 2. The second-order valence-electron chi connectivity index (χ2n) is 11.6. The predicted octanol–water partition coefficient (Wildman–Crippen LogP) is 10.6. The Bertz CT molecular complexity index is 841. The standard InChI is InChI=1S/C37H56N2/c1-2-3-4-5-6-7-8-9-10-11-12-13-14-15-16-23-30-38-33-39-31-28-36(29-32-39)37(34-24-19-17-20-25-34)35-26-21-18-22-27-35/h9-10,17-22,24-27,33,36-37H,2-8,11-16,23,28-32H2,1H3. The van der Waals surface area contributed by atoms with E-state index in [1.54, 1.807) is 0 Å². The number of nitrogens with zero attached hydrogens (tertiary/aromatic N) is 2. The Kier molecular flexibility index (Phi) is 16.4. The number of hydrogen-bond acceptors (Lipinski definition) is 1. The number of unbranched alkanes of at least 4 members (excludes halogenated alkanes) is 12. The molecule has 0 aromatic heterocycles. The van der Waals surface area contributed by atoms with Gasteiger partial charge in [0.25, 0.3) is 0 Å². The minimum absolute atomic E-state index is 0.493. The van der Waals surface area contributed by atoms with Gasteiger partial charge in [0, 0.05) is 25.6 Å². The average Bonchev–Trinajstić information content (AvgIpc) is 2.98. The van der Waals surface area contributed by atoms with Gasteiger partial charge in [-0.25, -0.2) is 0 Å². The van der Waals surface area contributed by atoms with Gasteiger partial charge in [-0.15, -0.1) is 0 Å². The van der Waals surface area contributed by atoms with Crippen LogP contribution in [0.1, 0.15) is 127 Å². The summed E-state index contributed by atoms with van der Waals surface area (Å²) in [6, 6.07) is 22.2. The van der Waals surface area contributed by atoms with Crippen molar-refractivity contribution in [3.8, 4) is 0 Å². The zero-order valence-electron chi connectivity index (χ0n) is 25.0. The van der Waals surface area contributed by atoms with Gasteiger partial charge < -0.3 is 4.90 Å². The summed E-state index contributed by atoms with van der Waals surface area (Å²) in [5.74, 6) is 1.18. The van der Waals surface area contributed by atoms with Crippen molar-refractivity contribution in [3.05, 3.63) is 83.9 Å². The molecule has 0 aliphatic carbocycles. The number of hydrogen-bond donors (Lipinski definition) is 0. The highest BCUT2D eigenvalue weighted by atomic mass is 15.1. The molecule has 0 N–H and O–H groups in total. The molecule has 0 amide bonds. The van der Waals surface area contributed by atoms with Crippen LogP contribution >= 0.6 is 0 Å². The number of rotatable bonds is 20. The minimum atomic E-state index is 0.493. The summed E-state index contributed by atoms with van der Waals surface area (Å²) in [6.45, 7) is 5.52. The quantitative estimate of drug-likeness (QED) is 0.0722. The monoisotopic (exact) mass is 528 g/mol. The van der Waals surface area contributed by atoms with E-state index in [2.05, 4.69) is 91.0 Å². The molecule has 1 saturated heterocycles. The molecule has 2 heteroatoms. The fourth-order valence-corrected chi connectivity index (χ4v) is 6.05. The normalized spacial score (nSPS) is 14.8. The number of likely N-dealkylation sites (tertiary alicyclic amines) is 1. The van der Waals surface area contributed by atoms with Gasteiger partial charge in [0.15, 0.2) is 0 Å². The van der Waals surface area contributed by atoms with Crippen molar-refractivity contribution < 1.29 is 0 Å². The summed E-state index contributed by atoms with van der Waals surface area (Å²) in [5, 5.41) is 0. The highest BCUT2D eigenvalue weighted by molar-refractivity contribution is 5.55. The topological polar surface area (TPSA) is 15.6 Å². The number of piperidine rings is 1. The fourth-order valence-electron chi connectivity index (χ4n) is 6.05. The van der Waals surface area contributed by atoms with E-state index < -0.39 is 0 Å². The van der Waals surface area contributed by atoms with Gasteiger partial charge >= 0.3 is 0 Å². The Hall–Kier alpha value is -2.35. The van der Waals surface area contributed by atoms with Crippen molar-refractivity contribution in [2.75, 3.05) is 19.6 Å². The lowest BCUT2D eigenvalue weighted by atomic mass is 9.76. The maximum Gasteiger partial charge on any atom is 0.0849 e. The Morgan fingerprint density at radius 2 is 1.15 bits per heavy atom. The van der Waals surface area contributed by atoms with Crippen molar-refractivity contribution in [1.82, 2.24) is 4.90 Å². The summed E-state index contributed by atoms with van der Waals surface area (Å²) in [6.07, 6.45) is 28.5. The van der Waals surface area contributed by atoms with E-state index in [1.165, 1.54) is 114 Å². The number of benzene rings is 2. The Morgan fingerprint density at radius 1 is 0.667 bits per heavy atom. The first-order valence-electron chi connectivity index (χ1n) is 16.4. The highest BCUT2D eigenvalue weighted by Gasteiger charge is 2.28. The number of aliphatic imine (C=N–C) groups is 1. The minimum Gasteiger partial charge on any atom is -0.363 e. The molecular weight excluding hydrogens is 472 g/mol. The summed E-state index contributed by atoms with van der Waals surface area (Å²) in [7, 11) is 0. The van der Waals surface area contributed by atoms with Gasteiger partial charge in [-0.3, -0.25) is 4.99 Å². The Morgan fingerprint density at radius 3 is 1.69 bits per heavy atom. The molecule has 39 heavy (non-hydrogen) atoms. The SMILES string of the molecule is CCCCCCCCC=CCCCCCCCCN=CN1CCC(C(c2ccccc2)c2ccccc2)CC1. The molecular formula is C37H56N2. The van der Waals surface area contributed by atoms with Crippen molar-refractivity contribution in [1.29, 1.82) is 0 Å². The molecule has 214 valence electrons. The largest absolute Gasteiger partial charge is 0.363 e. The molecule has 1 aliphatic heterocycles. The molecule has 0 radical (unpaired) electrons. The highest BCUT2D eigenvalue weighted by Crippen LogP contribution is 2.37. The Balaban J connectivity index is 1.20. The van der Waals surface area contributed by atoms with Crippen LogP contribution in [0.4, 0.5) is 0 Å². The van der Waals surface area contributed by atoms with Crippen molar-refractivity contribution in [2.45, 2.75) is 116 Å². The molecule has 2 aromatic rings. The van der Waals surface area contributed by atoms with E-state index in [0.717, 1.165) is 19.6 Å². The van der Waals surface area contributed by atoms with E-state index in [9.17, 15) is 0 Å². The second-order valence-corrected chi connectivity index (χ2v) is 11.6. The first kappa shape index (κ1) is 31.2. The maximum absolute atomic E-state index is 4.78. The van der Waals surface area contributed by atoms with Crippen LogP contribution in [0.3, 0.4) is 0 Å². The van der Waals surface area contributed by atoms with Gasteiger partial charge in [-0.05, 0) is 62.0 Å². The average molecular weight is 529 g/mol. The van der Waals surface area contributed by atoms with Crippen LogP contribution in [0.2, 0.25) is 0 Å². The zero-order valence-corrected chi connectivity index (χ0v) is 25.0. The van der Waals surface area contributed by atoms with Crippen LogP contribution in [0.5, 0.6) is 0 Å². The lowest BCUT2D eigenvalue weighted by Crippen LogP contribution is -2.35. The van der Waals surface area contributed by atoms with Crippen LogP contribution in [0.15, 0.2) is 77.8 Å². The second kappa shape index (κ2) is 20.5.